The highest BCUT2D eigenvalue weighted by Crippen LogP contribution is 2.26. The van der Waals surface area contributed by atoms with Gasteiger partial charge in [0.1, 0.15) is 0 Å². The summed E-state index contributed by atoms with van der Waals surface area (Å²) in [5.41, 5.74) is 2.08. The van der Waals surface area contributed by atoms with E-state index in [0.717, 1.165) is 17.1 Å². The van der Waals surface area contributed by atoms with Crippen LogP contribution < -0.4 is 10.2 Å². The maximum atomic E-state index is 12.1. The quantitative estimate of drug-likeness (QED) is 0.706. The van der Waals surface area contributed by atoms with Gasteiger partial charge in [-0.1, -0.05) is 11.6 Å². The molecule has 1 saturated heterocycles. The number of nitrogens with zero attached hydrogens (tertiary/aromatic N) is 1. The fourth-order valence-corrected chi connectivity index (χ4v) is 3.92. The Labute approximate surface area is 158 Å². The first-order valence-corrected chi connectivity index (χ1v) is 10.0. The molecular weight excluding hydrogens is 352 g/mol. The Morgan fingerprint density at radius 2 is 1.88 bits per heavy atom. The van der Waals surface area contributed by atoms with Gasteiger partial charge in [-0.3, -0.25) is 4.79 Å². The molecule has 1 atom stereocenters. The van der Waals surface area contributed by atoms with Crippen molar-refractivity contribution in [3.8, 4) is 0 Å². The average molecular weight is 375 g/mol. The summed E-state index contributed by atoms with van der Waals surface area (Å²) in [5, 5.41) is 3.67. The highest BCUT2D eigenvalue weighted by atomic mass is 35.5. The van der Waals surface area contributed by atoms with Gasteiger partial charge in [0.2, 0.25) is 5.91 Å². The summed E-state index contributed by atoms with van der Waals surface area (Å²) >= 11 is 7.37. The number of hydrogen-bond acceptors (Lipinski definition) is 3. The van der Waals surface area contributed by atoms with E-state index in [1.165, 1.54) is 36.7 Å². The minimum absolute atomic E-state index is 0.000888. The van der Waals surface area contributed by atoms with Gasteiger partial charge < -0.3 is 10.2 Å². The fourth-order valence-electron chi connectivity index (χ4n) is 3.09. The van der Waals surface area contributed by atoms with Gasteiger partial charge in [-0.15, -0.1) is 11.8 Å². The third-order valence-electron chi connectivity index (χ3n) is 4.47. The third-order valence-corrected chi connectivity index (χ3v) is 5.73. The standard InChI is InChI=1S/C20H23ClN2OS/c1-15-4-2-3-13-23(15)18-9-7-17(8-10-18)22-20(24)14-25-19-11-5-16(21)6-12-19/h5-12,15H,2-4,13-14H2,1H3,(H,22,24)/t15-/m1/s1. The lowest BCUT2D eigenvalue weighted by Crippen LogP contribution is -2.37. The maximum Gasteiger partial charge on any atom is 0.234 e. The Balaban J connectivity index is 1.52. The van der Waals surface area contributed by atoms with Gasteiger partial charge in [-0.25, -0.2) is 0 Å². The summed E-state index contributed by atoms with van der Waals surface area (Å²) < 4.78 is 0. The van der Waals surface area contributed by atoms with Crippen molar-refractivity contribution in [3.63, 3.8) is 0 Å². The highest BCUT2D eigenvalue weighted by Gasteiger charge is 2.18. The Bertz CT molecular complexity index is 703. The van der Waals surface area contributed by atoms with Gasteiger partial charge in [0, 0.05) is 33.9 Å². The molecule has 1 N–H and O–H groups in total. The zero-order chi connectivity index (χ0) is 17.6. The second-order valence-corrected chi connectivity index (χ2v) is 7.86. The van der Waals surface area contributed by atoms with Crippen molar-refractivity contribution in [3.05, 3.63) is 53.6 Å². The van der Waals surface area contributed by atoms with Crippen LogP contribution in [-0.2, 0) is 4.79 Å². The molecule has 0 aromatic heterocycles. The Morgan fingerprint density at radius 1 is 1.16 bits per heavy atom. The Morgan fingerprint density at radius 3 is 2.56 bits per heavy atom. The van der Waals surface area contributed by atoms with Crippen molar-refractivity contribution in [1.82, 2.24) is 0 Å². The molecule has 2 aromatic carbocycles. The largest absolute Gasteiger partial charge is 0.369 e. The fraction of sp³-hybridized carbons (Fsp3) is 0.350. The molecule has 3 rings (SSSR count). The first-order valence-electron chi connectivity index (χ1n) is 8.67. The second-order valence-electron chi connectivity index (χ2n) is 6.38. The van der Waals surface area contributed by atoms with Crippen LogP contribution >= 0.6 is 23.4 Å². The van der Waals surface area contributed by atoms with Crippen LogP contribution in [0.1, 0.15) is 26.2 Å². The summed E-state index contributed by atoms with van der Waals surface area (Å²) in [5.74, 6) is 0.381. The number of halogens is 1. The number of piperidine rings is 1. The van der Waals surface area contributed by atoms with Gasteiger partial charge in [-0.2, -0.15) is 0 Å². The number of thioether (sulfide) groups is 1. The number of amides is 1. The van der Waals surface area contributed by atoms with Crippen LogP contribution in [0.25, 0.3) is 0 Å². The molecule has 2 aromatic rings. The molecule has 1 aliphatic heterocycles. The molecule has 0 aliphatic carbocycles. The van der Waals surface area contributed by atoms with E-state index in [9.17, 15) is 4.79 Å². The van der Waals surface area contributed by atoms with Crippen molar-refractivity contribution in [2.45, 2.75) is 37.1 Å². The number of carbonyl (C=O) groups is 1. The molecule has 0 saturated carbocycles. The summed E-state index contributed by atoms with van der Waals surface area (Å²) in [4.78, 5) is 15.6. The van der Waals surface area contributed by atoms with Gasteiger partial charge in [0.25, 0.3) is 0 Å². The van der Waals surface area contributed by atoms with E-state index in [4.69, 9.17) is 11.6 Å². The number of rotatable bonds is 5. The second kappa shape index (κ2) is 8.63. The van der Waals surface area contributed by atoms with Crippen LogP contribution in [0.2, 0.25) is 5.02 Å². The molecule has 0 unspecified atom stereocenters. The van der Waals surface area contributed by atoms with Crippen molar-refractivity contribution >= 4 is 40.6 Å². The molecule has 5 heteroatoms. The van der Waals surface area contributed by atoms with Crippen LogP contribution in [0.15, 0.2) is 53.4 Å². The van der Waals surface area contributed by atoms with Crippen molar-refractivity contribution in [1.29, 1.82) is 0 Å². The number of benzene rings is 2. The van der Waals surface area contributed by atoms with Crippen LogP contribution in [0.3, 0.4) is 0 Å². The summed E-state index contributed by atoms with van der Waals surface area (Å²) in [6.07, 6.45) is 3.82. The molecule has 0 spiro atoms. The third kappa shape index (κ3) is 5.16. The van der Waals surface area contributed by atoms with Crippen molar-refractivity contribution in [2.75, 3.05) is 22.5 Å². The van der Waals surface area contributed by atoms with Gasteiger partial charge >= 0.3 is 0 Å². The highest BCUT2D eigenvalue weighted by molar-refractivity contribution is 8.00. The van der Waals surface area contributed by atoms with E-state index in [0.29, 0.717) is 16.8 Å². The van der Waals surface area contributed by atoms with Gasteiger partial charge in [-0.05, 0) is 74.7 Å². The van der Waals surface area contributed by atoms with E-state index in [1.807, 2.05) is 36.4 Å². The normalized spacial score (nSPS) is 17.4. The average Bonchev–Trinajstić information content (AvgIpc) is 2.62. The molecule has 1 aliphatic rings. The first kappa shape index (κ1) is 18.2. The number of nitrogens with one attached hydrogen (secondary N) is 1. The first-order chi connectivity index (χ1) is 12.1. The van der Waals surface area contributed by atoms with Crippen LogP contribution in [-0.4, -0.2) is 24.2 Å². The Kier molecular flexibility index (Phi) is 6.27. The minimum atomic E-state index is -0.000888. The smallest absolute Gasteiger partial charge is 0.234 e. The zero-order valence-corrected chi connectivity index (χ0v) is 15.9. The molecule has 0 bridgehead atoms. The van der Waals surface area contributed by atoms with E-state index >= 15 is 0 Å². The van der Waals surface area contributed by atoms with Crippen LogP contribution in [0.4, 0.5) is 11.4 Å². The van der Waals surface area contributed by atoms with E-state index in [-0.39, 0.29) is 5.91 Å². The van der Waals surface area contributed by atoms with Crippen LogP contribution in [0, 0.1) is 0 Å². The van der Waals surface area contributed by atoms with E-state index in [1.54, 1.807) is 0 Å². The number of hydrogen-bond donors (Lipinski definition) is 1. The maximum absolute atomic E-state index is 12.1. The molecule has 1 heterocycles. The summed E-state index contributed by atoms with van der Waals surface area (Å²) in [7, 11) is 0. The summed E-state index contributed by atoms with van der Waals surface area (Å²) in [6.45, 7) is 3.40. The predicted molar refractivity (Wildman–Crippen MR) is 108 cm³/mol. The monoisotopic (exact) mass is 374 g/mol. The minimum Gasteiger partial charge on any atom is -0.369 e. The van der Waals surface area contributed by atoms with Gasteiger partial charge in [0.15, 0.2) is 0 Å². The van der Waals surface area contributed by atoms with Crippen molar-refractivity contribution < 1.29 is 4.79 Å². The SMILES string of the molecule is C[C@@H]1CCCCN1c1ccc(NC(=O)CSc2ccc(Cl)cc2)cc1. The van der Waals surface area contributed by atoms with Gasteiger partial charge in [0.05, 0.1) is 5.75 Å². The number of carbonyl (C=O) groups excluding carboxylic acids is 1. The topological polar surface area (TPSA) is 32.3 Å². The van der Waals surface area contributed by atoms with Crippen LogP contribution in [0.5, 0.6) is 0 Å². The predicted octanol–water partition coefficient (Wildman–Crippen LogP) is 5.45. The summed E-state index contributed by atoms with van der Waals surface area (Å²) in [6, 6.07) is 16.3. The lowest BCUT2D eigenvalue weighted by atomic mass is 10.0. The molecule has 3 nitrogen and oxygen atoms in total. The molecule has 132 valence electrons. The molecule has 0 radical (unpaired) electrons. The van der Waals surface area contributed by atoms with E-state index < -0.39 is 0 Å². The lowest BCUT2D eigenvalue weighted by molar-refractivity contribution is -0.113. The molecular formula is C20H23ClN2OS. The van der Waals surface area contributed by atoms with E-state index in [2.05, 4.69) is 29.3 Å². The number of anilines is 2. The molecule has 1 fully saturated rings. The lowest BCUT2D eigenvalue weighted by Gasteiger charge is -2.35. The van der Waals surface area contributed by atoms with Crippen molar-refractivity contribution in [2.24, 2.45) is 0 Å². The Hall–Kier alpha value is -1.65. The zero-order valence-electron chi connectivity index (χ0n) is 14.4. The molecule has 25 heavy (non-hydrogen) atoms. The molecule has 1 amide bonds.